The number of ether oxygens (including phenoxy) is 1. The second kappa shape index (κ2) is 4.61. The third-order valence-corrected chi connectivity index (χ3v) is 6.74. The predicted molar refractivity (Wildman–Crippen MR) is 80.3 cm³/mol. The predicted octanol–water partition coefficient (Wildman–Crippen LogP) is 1.83. The topological polar surface area (TPSA) is 49.9 Å². The third-order valence-electron chi connectivity index (χ3n) is 4.83. The maximum Gasteiger partial charge on any atom is 0.246 e. The first-order chi connectivity index (χ1) is 10.1. The Balaban J connectivity index is 1.78. The van der Waals surface area contributed by atoms with Crippen LogP contribution in [0.2, 0.25) is 0 Å². The van der Waals surface area contributed by atoms with Crippen LogP contribution in [0.5, 0.6) is 5.75 Å². The van der Waals surface area contributed by atoms with Gasteiger partial charge in [-0.3, -0.25) is 0 Å². The Morgan fingerprint density at radius 3 is 2.86 bits per heavy atom. The van der Waals surface area contributed by atoms with Gasteiger partial charge in [0, 0.05) is 30.9 Å². The lowest BCUT2D eigenvalue weighted by molar-refractivity contribution is 0.215. The summed E-state index contributed by atoms with van der Waals surface area (Å²) < 4.78 is 32.7. The summed E-state index contributed by atoms with van der Waals surface area (Å²) in [5, 5.41) is 0. The lowest BCUT2D eigenvalue weighted by atomic mass is 10.2. The Kier molecular flexibility index (Phi) is 2.94. The maximum absolute atomic E-state index is 12.6. The summed E-state index contributed by atoms with van der Waals surface area (Å²) in [6, 6.07) is 6.05. The summed E-state index contributed by atoms with van der Waals surface area (Å²) >= 11 is 0. The van der Waals surface area contributed by atoms with Crippen molar-refractivity contribution in [2.24, 2.45) is 0 Å². The minimum absolute atomic E-state index is 0.00715. The molecule has 0 saturated carbocycles. The van der Waals surface area contributed by atoms with Gasteiger partial charge in [0.2, 0.25) is 10.0 Å². The monoisotopic (exact) mass is 308 g/mol. The minimum atomic E-state index is -3.39. The molecule has 0 spiro atoms. The maximum atomic E-state index is 12.6. The van der Waals surface area contributed by atoms with Gasteiger partial charge in [-0.15, -0.1) is 0 Å². The molecule has 0 amide bonds. The van der Waals surface area contributed by atoms with Gasteiger partial charge >= 0.3 is 0 Å². The van der Waals surface area contributed by atoms with Crippen LogP contribution in [0, 0.1) is 0 Å². The fraction of sp³-hybridized carbons (Fsp3) is 0.600. The van der Waals surface area contributed by atoms with E-state index in [1.165, 1.54) is 12.8 Å². The van der Waals surface area contributed by atoms with Crippen molar-refractivity contribution in [2.45, 2.75) is 43.2 Å². The van der Waals surface area contributed by atoms with Gasteiger partial charge in [0.15, 0.2) is 0 Å². The fourth-order valence-electron chi connectivity index (χ4n) is 3.63. The van der Waals surface area contributed by atoms with E-state index in [0.717, 1.165) is 18.7 Å². The molecule has 3 aliphatic rings. The number of anilines is 1. The van der Waals surface area contributed by atoms with E-state index in [1.807, 2.05) is 12.1 Å². The molecule has 2 saturated heterocycles. The second-order valence-corrected chi connectivity index (χ2v) is 8.11. The number of benzene rings is 1. The number of nitrogens with zero attached hydrogens (tertiary/aromatic N) is 2. The zero-order chi connectivity index (χ0) is 14.6. The van der Waals surface area contributed by atoms with Crippen molar-refractivity contribution in [3.05, 3.63) is 18.2 Å². The molecule has 114 valence electrons. The highest BCUT2D eigenvalue weighted by Gasteiger charge is 2.39. The molecule has 5 nitrogen and oxygen atoms in total. The molecular formula is C15H20N2O3S. The van der Waals surface area contributed by atoms with Crippen LogP contribution in [0.15, 0.2) is 23.1 Å². The largest absolute Gasteiger partial charge is 0.487 e. The highest BCUT2D eigenvalue weighted by atomic mass is 32.2. The van der Waals surface area contributed by atoms with Crippen LogP contribution in [0.25, 0.3) is 0 Å². The van der Waals surface area contributed by atoms with Gasteiger partial charge in [0.25, 0.3) is 0 Å². The normalized spacial score (nSPS) is 33.4. The Morgan fingerprint density at radius 2 is 2.10 bits per heavy atom. The quantitative estimate of drug-likeness (QED) is 0.794. The zero-order valence-corrected chi connectivity index (χ0v) is 13.0. The summed E-state index contributed by atoms with van der Waals surface area (Å²) in [7, 11) is -3.39. The van der Waals surface area contributed by atoms with Gasteiger partial charge in [-0.25, -0.2) is 8.42 Å². The molecule has 0 aliphatic carbocycles. The molecule has 0 N–H and O–H groups in total. The summed E-state index contributed by atoms with van der Waals surface area (Å²) in [5.74, 6) is 0.527. The van der Waals surface area contributed by atoms with E-state index in [2.05, 4.69) is 11.8 Å². The van der Waals surface area contributed by atoms with Crippen molar-refractivity contribution in [3.8, 4) is 5.75 Å². The molecular weight excluding hydrogens is 288 g/mol. The standard InChI is InChI=1S/C15H20N2O3S/c1-11-3-2-7-17(11)12-4-5-15-14(9-12)20-13-6-8-16(10-13)21(15,18)19/h4-5,9,11,13H,2-3,6-8,10H2,1H3/t11-,13+/m1/s1. The molecule has 6 heteroatoms. The number of hydrogen-bond acceptors (Lipinski definition) is 4. The summed E-state index contributed by atoms with van der Waals surface area (Å²) in [6.07, 6.45) is 3.15. The van der Waals surface area contributed by atoms with Crippen molar-refractivity contribution in [1.82, 2.24) is 4.31 Å². The Hall–Kier alpha value is -1.27. The third kappa shape index (κ3) is 2.04. The zero-order valence-electron chi connectivity index (χ0n) is 12.2. The van der Waals surface area contributed by atoms with Crippen molar-refractivity contribution in [2.75, 3.05) is 24.5 Å². The molecule has 0 radical (unpaired) electrons. The van der Waals surface area contributed by atoms with E-state index in [4.69, 9.17) is 4.74 Å². The van der Waals surface area contributed by atoms with Gasteiger partial charge < -0.3 is 9.64 Å². The van der Waals surface area contributed by atoms with Gasteiger partial charge in [-0.2, -0.15) is 4.31 Å². The Bertz CT molecular complexity index is 673. The molecule has 3 aliphatic heterocycles. The molecule has 1 aromatic carbocycles. The number of hydrogen-bond donors (Lipinski definition) is 0. The molecule has 3 heterocycles. The van der Waals surface area contributed by atoms with Gasteiger partial charge in [-0.1, -0.05) is 0 Å². The smallest absolute Gasteiger partial charge is 0.246 e. The van der Waals surface area contributed by atoms with Crippen molar-refractivity contribution < 1.29 is 13.2 Å². The van der Waals surface area contributed by atoms with E-state index in [9.17, 15) is 8.42 Å². The first-order valence-electron chi connectivity index (χ1n) is 7.63. The average Bonchev–Trinajstić information content (AvgIpc) is 3.05. The van der Waals surface area contributed by atoms with Crippen LogP contribution in [0.4, 0.5) is 5.69 Å². The van der Waals surface area contributed by atoms with Crippen LogP contribution in [0.1, 0.15) is 26.2 Å². The Labute approximate surface area is 125 Å². The van der Waals surface area contributed by atoms with E-state index in [0.29, 0.717) is 29.8 Å². The molecule has 2 fully saturated rings. The SMILES string of the molecule is C[C@@H]1CCCN1c1ccc2c(c1)O[C@H]1CCN(C1)S2(=O)=O. The summed E-state index contributed by atoms with van der Waals surface area (Å²) in [6.45, 7) is 4.29. The molecule has 4 rings (SSSR count). The van der Waals surface area contributed by atoms with Crippen LogP contribution in [-0.2, 0) is 10.0 Å². The molecule has 0 aromatic heterocycles. The van der Waals surface area contributed by atoms with E-state index in [-0.39, 0.29) is 6.10 Å². The number of sulfonamides is 1. The highest BCUT2D eigenvalue weighted by molar-refractivity contribution is 7.89. The number of fused-ring (bicyclic) bond motifs is 3. The van der Waals surface area contributed by atoms with Crippen molar-refractivity contribution in [3.63, 3.8) is 0 Å². The minimum Gasteiger partial charge on any atom is -0.487 e. The second-order valence-electron chi connectivity index (χ2n) is 6.21. The lowest BCUT2D eigenvalue weighted by Gasteiger charge is -2.25. The van der Waals surface area contributed by atoms with Gasteiger partial charge in [-0.05, 0) is 38.3 Å². The highest BCUT2D eigenvalue weighted by Crippen LogP contribution is 2.38. The fourth-order valence-corrected chi connectivity index (χ4v) is 5.22. The first kappa shape index (κ1) is 13.4. The molecule has 2 bridgehead atoms. The van der Waals surface area contributed by atoms with Gasteiger partial charge in [0.1, 0.15) is 16.7 Å². The van der Waals surface area contributed by atoms with Crippen LogP contribution < -0.4 is 9.64 Å². The number of rotatable bonds is 1. The Morgan fingerprint density at radius 1 is 1.24 bits per heavy atom. The van der Waals surface area contributed by atoms with E-state index in [1.54, 1.807) is 10.4 Å². The van der Waals surface area contributed by atoms with Gasteiger partial charge in [0.05, 0.1) is 6.54 Å². The first-order valence-corrected chi connectivity index (χ1v) is 9.07. The lowest BCUT2D eigenvalue weighted by Crippen LogP contribution is -2.28. The molecule has 1 aromatic rings. The molecule has 1 unspecified atom stereocenters. The van der Waals surface area contributed by atoms with Crippen molar-refractivity contribution in [1.29, 1.82) is 0 Å². The average molecular weight is 308 g/mol. The summed E-state index contributed by atoms with van der Waals surface area (Å²) in [5.41, 5.74) is 1.07. The molecule has 21 heavy (non-hydrogen) atoms. The molecule has 3 atom stereocenters. The van der Waals surface area contributed by atoms with Crippen molar-refractivity contribution >= 4 is 15.7 Å². The van der Waals surface area contributed by atoms with Crippen LogP contribution in [0.3, 0.4) is 0 Å². The van der Waals surface area contributed by atoms with Crippen LogP contribution in [-0.4, -0.2) is 44.5 Å². The van der Waals surface area contributed by atoms with E-state index < -0.39 is 10.0 Å². The van der Waals surface area contributed by atoms with E-state index >= 15 is 0 Å². The summed E-state index contributed by atoms with van der Waals surface area (Å²) in [4.78, 5) is 2.65. The van der Waals surface area contributed by atoms with Crippen LogP contribution >= 0.6 is 0 Å².